The van der Waals surface area contributed by atoms with Crippen molar-refractivity contribution in [3.8, 4) is 0 Å². The van der Waals surface area contributed by atoms with Crippen LogP contribution < -0.4 is 0 Å². The molecule has 1 aliphatic carbocycles. The third kappa shape index (κ3) is 5.18. The lowest BCUT2D eigenvalue weighted by molar-refractivity contribution is -0.141. The van der Waals surface area contributed by atoms with E-state index in [4.69, 9.17) is 0 Å². The van der Waals surface area contributed by atoms with Crippen molar-refractivity contribution in [2.24, 2.45) is 11.8 Å². The van der Waals surface area contributed by atoms with Gasteiger partial charge in [0.25, 0.3) is 0 Å². The van der Waals surface area contributed by atoms with Gasteiger partial charge in [0.15, 0.2) is 0 Å². The highest BCUT2D eigenvalue weighted by molar-refractivity contribution is 5.70. The second-order valence-electron chi connectivity index (χ2n) is 7.68. The second kappa shape index (κ2) is 9.00. The van der Waals surface area contributed by atoms with E-state index in [1.165, 1.54) is 11.1 Å². The Balaban J connectivity index is 1.66. The van der Waals surface area contributed by atoms with E-state index >= 15 is 0 Å². The SMILES string of the molecule is CC(CC1CCC(C(=O)O)C1)N(Cc1ccccc1)Cc1ccccc1. The lowest BCUT2D eigenvalue weighted by atomic mass is 9.96. The van der Waals surface area contributed by atoms with Gasteiger partial charge < -0.3 is 5.11 Å². The Morgan fingerprint density at radius 3 is 2.00 bits per heavy atom. The molecule has 1 N–H and O–H groups in total. The summed E-state index contributed by atoms with van der Waals surface area (Å²) in [6.07, 6.45) is 3.80. The van der Waals surface area contributed by atoms with Crippen molar-refractivity contribution in [3.05, 3.63) is 71.8 Å². The summed E-state index contributed by atoms with van der Waals surface area (Å²) in [4.78, 5) is 13.8. The summed E-state index contributed by atoms with van der Waals surface area (Å²) in [6.45, 7) is 4.14. The maximum Gasteiger partial charge on any atom is 0.306 e. The molecule has 26 heavy (non-hydrogen) atoms. The van der Waals surface area contributed by atoms with Crippen LogP contribution in [-0.2, 0) is 17.9 Å². The van der Waals surface area contributed by atoms with Gasteiger partial charge in [-0.25, -0.2) is 0 Å². The number of nitrogens with zero attached hydrogens (tertiary/aromatic N) is 1. The quantitative estimate of drug-likeness (QED) is 0.730. The van der Waals surface area contributed by atoms with Crippen LogP contribution in [0.1, 0.15) is 43.7 Å². The predicted molar refractivity (Wildman–Crippen MR) is 105 cm³/mol. The fourth-order valence-electron chi connectivity index (χ4n) is 4.15. The van der Waals surface area contributed by atoms with Crippen LogP contribution in [0.5, 0.6) is 0 Å². The zero-order chi connectivity index (χ0) is 18.4. The van der Waals surface area contributed by atoms with Gasteiger partial charge in [-0.15, -0.1) is 0 Å². The van der Waals surface area contributed by atoms with Crippen LogP contribution in [0.4, 0.5) is 0 Å². The monoisotopic (exact) mass is 351 g/mol. The highest BCUT2D eigenvalue weighted by atomic mass is 16.4. The van der Waals surface area contributed by atoms with Gasteiger partial charge in [-0.1, -0.05) is 60.7 Å². The van der Waals surface area contributed by atoms with Crippen molar-refractivity contribution < 1.29 is 9.90 Å². The van der Waals surface area contributed by atoms with Crippen LogP contribution in [0, 0.1) is 11.8 Å². The van der Waals surface area contributed by atoms with Crippen molar-refractivity contribution in [1.29, 1.82) is 0 Å². The lowest BCUT2D eigenvalue weighted by Gasteiger charge is -2.31. The van der Waals surface area contributed by atoms with Crippen LogP contribution in [0.2, 0.25) is 0 Å². The second-order valence-corrected chi connectivity index (χ2v) is 7.68. The maximum absolute atomic E-state index is 11.2. The summed E-state index contributed by atoms with van der Waals surface area (Å²) in [6, 6.07) is 21.6. The van der Waals surface area contributed by atoms with E-state index < -0.39 is 5.97 Å². The number of aliphatic carboxylic acids is 1. The molecule has 0 aliphatic heterocycles. The normalized spacial score (nSPS) is 21.0. The third-order valence-electron chi connectivity index (χ3n) is 5.65. The van der Waals surface area contributed by atoms with E-state index in [2.05, 4.69) is 72.5 Å². The van der Waals surface area contributed by atoms with Gasteiger partial charge in [0.1, 0.15) is 0 Å². The summed E-state index contributed by atoms with van der Waals surface area (Å²) < 4.78 is 0. The highest BCUT2D eigenvalue weighted by Crippen LogP contribution is 2.35. The van der Waals surface area contributed by atoms with Crippen LogP contribution in [0.15, 0.2) is 60.7 Å². The Labute approximate surface area is 156 Å². The maximum atomic E-state index is 11.2. The molecule has 1 fully saturated rings. The molecule has 1 aliphatic rings. The minimum Gasteiger partial charge on any atom is -0.481 e. The van der Waals surface area contributed by atoms with Crippen LogP contribution in [-0.4, -0.2) is 22.0 Å². The Morgan fingerprint density at radius 2 is 1.54 bits per heavy atom. The van der Waals surface area contributed by atoms with Crippen molar-refractivity contribution in [1.82, 2.24) is 4.90 Å². The molecule has 3 atom stereocenters. The molecular formula is C23H29NO2. The number of carbonyl (C=O) groups is 1. The minimum absolute atomic E-state index is 0.135. The molecule has 0 amide bonds. The fourth-order valence-corrected chi connectivity index (χ4v) is 4.15. The van der Waals surface area contributed by atoms with Gasteiger partial charge in [-0.05, 0) is 49.7 Å². The summed E-state index contributed by atoms with van der Waals surface area (Å²) in [5.74, 6) is -0.227. The van der Waals surface area contributed by atoms with E-state index in [1.807, 2.05) is 0 Å². The molecule has 3 nitrogen and oxygen atoms in total. The summed E-state index contributed by atoms with van der Waals surface area (Å²) in [5.41, 5.74) is 2.65. The Kier molecular flexibility index (Phi) is 6.45. The van der Waals surface area contributed by atoms with Crippen molar-refractivity contribution in [3.63, 3.8) is 0 Å². The first-order chi connectivity index (χ1) is 12.6. The highest BCUT2D eigenvalue weighted by Gasteiger charge is 2.31. The molecule has 2 aromatic carbocycles. The van der Waals surface area contributed by atoms with Gasteiger partial charge in [0, 0.05) is 19.1 Å². The van der Waals surface area contributed by atoms with Crippen LogP contribution >= 0.6 is 0 Å². The first-order valence-electron chi connectivity index (χ1n) is 9.66. The molecule has 0 heterocycles. The lowest BCUT2D eigenvalue weighted by Crippen LogP contribution is -2.33. The molecule has 0 bridgehead atoms. The number of carboxylic acid groups (broad SMARTS) is 1. The van der Waals surface area contributed by atoms with E-state index in [0.717, 1.165) is 38.8 Å². The third-order valence-corrected chi connectivity index (χ3v) is 5.65. The van der Waals surface area contributed by atoms with Crippen molar-refractivity contribution in [2.45, 2.75) is 51.7 Å². The van der Waals surface area contributed by atoms with Crippen LogP contribution in [0.3, 0.4) is 0 Å². The fraction of sp³-hybridized carbons (Fsp3) is 0.435. The average molecular weight is 351 g/mol. The van der Waals surface area contributed by atoms with Gasteiger partial charge >= 0.3 is 5.97 Å². The Bertz CT molecular complexity index is 644. The van der Waals surface area contributed by atoms with E-state index in [0.29, 0.717) is 12.0 Å². The predicted octanol–water partition coefficient (Wildman–Crippen LogP) is 4.97. The van der Waals surface area contributed by atoms with Gasteiger partial charge in [0.05, 0.1) is 5.92 Å². The standard InChI is InChI=1S/C23H29NO2/c1-18(14-21-12-13-22(15-21)23(25)26)24(16-19-8-4-2-5-9-19)17-20-10-6-3-7-11-20/h2-11,18,21-22H,12-17H2,1H3,(H,25,26). The van der Waals surface area contributed by atoms with Crippen LogP contribution in [0.25, 0.3) is 0 Å². The molecular weight excluding hydrogens is 322 g/mol. The smallest absolute Gasteiger partial charge is 0.306 e. The zero-order valence-electron chi connectivity index (χ0n) is 15.6. The van der Waals surface area contributed by atoms with Gasteiger partial charge in [-0.3, -0.25) is 9.69 Å². The Hall–Kier alpha value is -2.13. The number of benzene rings is 2. The topological polar surface area (TPSA) is 40.5 Å². The zero-order valence-corrected chi connectivity index (χ0v) is 15.6. The molecule has 0 radical (unpaired) electrons. The van der Waals surface area contributed by atoms with Crippen molar-refractivity contribution >= 4 is 5.97 Å². The molecule has 138 valence electrons. The number of hydrogen-bond donors (Lipinski definition) is 1. The molecule has 1 saturated carbocycles. The first kappa shape index (κ1) is 18.7. The van der Waals surface area contributed by atoms with E-state index in [-0.39, 0.29) is 5.92 Å². The number of hydrogen-bond acceptors (Lipinski definition) is 2. The molecule has 0 aromatic heterocycles. The Morgan fingerprint density at radius 1 is 1.00 bits per heavy atom. The number of rotatable bonds is 8. The largest absolute Gasteiger partial charge is 0.481 e. The van der Waals surface area contributed by atoms with E-state index in [1.54, 1.807) is 0 Å². The molecule has 3 rings (SSSR count). The first-order valence-corrected chi connectivity index (χ1v) is 9.66. The summed E-state index contributed by atoms with van der Waals surface area (Å²) in [7, 11) is 0. The van der Waals surface area contributed by atoms with Gasteiger partial charge in [0.2, 0.25) is 0 Å². The number of carboxylic acids is 1. The molecule has 2 aromatic rings. The van der Waals surface area contributed by atoms with E-state index in [9.17, 15) is 9.90 Å². The van der Waals surface area contributed by atoms with Gasteiger partial charge in [-0.2, -0.15) is 0 Å². The molecule has 3 unspecified atom stereocenters. The molecule has 3 heteroatoms. The average Bonchev–Trinajstić information content (AvgIpc) is 3.12. The minimum atomic E-state index is -0.620. The summed E-state index contributed by atoms with van der Waals surface area (Å²) in [5, 5.41) is 9.25. The summed E-state index contributed by atoms with van der Waals surface area (Å²) >= 11 is 0. The molecule has 0 spiro atoms. The molecule has 0 saturated heterocycles. The van der Waals surface area contributed by atoms with Crippen molar-refractivity contribution in [2.75, 3.05) is 0 Å².